The van der Waals surface area contributed by atoms with E-state index in [1.54, 1.807) is 29.9 Å². The summed E-state index contributed by atoms with van der Waals surface area (Å²) in [6, 6.07) is 10.1. The molecule has 0 saturated carbocycles. The number of rotatable bonds is 3. The number of halogens is 5. The minimum Gasteiger partial charge on any atom is -0.330 e. The molecule has 0 spiro atoms. The Labute approximate surface area is 228 Å². The van der Waals surface area contributed by atoms with Gasteiger partial charge in [-0.25, -0.2) is 4.98 Å². The molecule has 1 amide bonds. The maximum absolute atomic E-state index is 13.5. The third kappa shape index (κ3) is 4.76. The summed E-state index contributed by atoms with van der Waals surface area (Å²) in [7, 11) is 1.82. The number of carbonyl (C=O) groups is 1. The van der Waals surface area contributed by atoms with Crippen LogP contribution in [-0.2, 0) is 26.2 Å². The number of hydrogen-bond acceptors (Lipinski definition) is 4. The Morgan fingerprint density at radius 1 is 1.13 bits per heavy atom. The number of aromatic nitrogens is 4. The first kappa shape index (κ1) is 26.2. The van der Waals surface area contributed by atoms with Crippen molar-refractivity contribution in [3.8, 4) is 16.8 Å². The lowest BCUT2D eigenvalue weighted by molar-refractivity contribution is -0.138. The first-order chi connectivity index (χ1) is 17.9. The van der Waals surface area contributed by atoms with Crippen LogP contribution in [-0.4, -0.2) is 36.2 Å². The highest BCUT2D eigenvalue weighted by Crippen LogP contribution is 2.36. The Kier molecular flexibility index (Phi) is 6.68. The van der Waals surface area contributed by atoms with E-state index in [4.69, 9.17) is 11.6 Å². The summed E-state index contributed by atoms with van der Waals surface area (Å²) in [5.41, 5.74) is 1.71. The Hall–Kier alpha value is -3.44. The number of hydrogen-bond donors (Lipinski definition) is 0. The number of carbonyl (C=O) groups excluding carboxylic acids is 1. The molecule has 196 valence electrons. The Bertz CT molecular complexity index is 1610. The standard InChI is InChI=1S/C26H20BrClF3N5O2/c1-14-9-19-22(13-35(14)23(37)16-5-8-21(27)20(10-16)26(29,30)31)33-25(28)36(24(19)38)18-6-3-15(4-7-18)17-11-32-34(2)12-17/h3-8,10-12,14H,9,13H2,1-2H3/t14-/m1/s1. The molecule has 12 heteroatoms. The molecule has 0 bridgehead atoms. The monoisotopic (exact) mass is 605 g/mol. The van der Waals surface area contributed by atoms with Crippen LogP contribution in [0.5, 0.6) is 0 Å². The maximum atomic E-state index is 13.5. The summed E-state index contributed by atoms with van der Waals surface area (Å²) in [5, 5.41) is 4.09. The summed E-state index contributed by atoms with van der Waals surface area (Å²) in [6.45, 7) is 1.69. The molecular weight excluding hydrogens is 587 g/mol. The van der Waals surface area contributed by atoms with E-state index in [0.29, 0.717) is 16.9 Å². The molecule has 2 aromatic carbocycles. The molecule has 2 aromatic heterocycles. The second kappa shape index (κ2) is 9.70. The number of alkyl halides is 3. The van der Waals surface area contributed by atoms with E-state index in [1.165, 1.54) is 21.6 Å². The minimum atomic E-state index is -4.62. The molecule has 0 N–H and O–H groups in total. The molecular formula is C26H20BrClF3N5O2. The summed E-state index contributed by atoms with van der Waals surface area (Å²) < 4.78 is 42.9. The second-order valence-electron chi connectivity index (χ2n) is 9.07. The Balaban J connectivity index is 1.46. The third-order valence-electron chi connectivity index (χ3n) is 6.52. The number of aryl methyl sites for hydroxylation is 1. The molecule has 4 aromatic rings. The molecule has 0 unspecified atom stereocenters. The summed E-state index contributed by atoms with van der Waals surface area (Å²) in [6.07, 6.45) is -0.825. The quantitative estimate of drug-likeness (QED) is 0.283. The maximum Gasteiger partial charge on any atom is 0.417 e. The first-order valence-corrected chi connectivity index (χ1v) is 12.7. The lowest BCUT2D eigenvalue weighted by atomic mass is 9.98. The van der Waals surface area contributed by atoms with E-state index < -0.39 is 23.7 Å². The van der Waals surface area contributed by atoms with Gasteiger partial charge in [-0.3, -0.25) is 18.8 Å². The molecule has 5 rings (SSSR count). The molecule has 0 aliphatic carbocycles. The largest absolute Gasteiger partial charge is 0.417 e. The van der Waals surface area contributed by atoms with Crippen LogP contribution in [0.3, 0.4) is 0 Å². The zero-order chi connectivity index (χ0) is 27.4. The van der Waals surface area contributed by atoms with Gasteiger partial charge >= 0.3 is 6.18 Å². The second-order valence-corrected chi connectivity index (χ2v) is 10.3. The predicted molar refractivity (Wildman–Crippen MR) is 139 cm³/mol. The van der Waals surface area contributed by atoms with Crippen molar-refractivity contribution in [1.82, 2.24) is 24.2 Å². The highest BCUT2D eigenvalue weighted by Gasteiger charge is 2.36. The van der Waals surface area contributed by atoms with Gasteiger partial charge < -0.3 is 4.90 Å². The van der Waals surface area contributed by atoms with Gasteiger partial charge in [0.2, 0.25) is 5.28 Å². The van der Waals surface area contributed by atoms with Gasteiger partial charge in [0.05, 0.1) is 29.7 Å². The van der Waals surface area contributed by atoms with Crippen LogP contribution in [0.4, 0.5) is 13.2 Å². The smallest absolute Gasteiger partial charge is 0.330 e. The molecule has 0 fully saturated rings. The zero-order valence-electron chi connectivity index (χ0n) is 20.1. The van der Waals surface area contributed by atoms with Gasteiger partial charge in [0.25, 0.3) is 11.5 Å². The average Bonchev–Trinajstić information content (AvgIpc) is 3.30. The van der Waals surface area contributed by atoms with Crippen molar-refractivity contribution in [2.75, 3.05) is 0 Å². The minimum absolute atomic E-state index is 0.0531. The van der Waals surface area contributed by atoms with Gasteiger partial charge in [-0.05, 0) is 60.8 Å². The molecule has 1 aliphatic heterocycles. The van der Waals surface area contributed by atoms with Crippen LogP contribution < -0.4 is 5.56 Å². The van der Waals surface area contributed by atoms with Gasteiger partial charge in [-0.1, -0.05) is 28.1 Å². The average molecular weight is 607 g/mol. The third-order valence-corrected chi connectivity index (χ3v) is 7.46. The molecule has 1 atom stereocenters. The number of benzene rings is 2. The van der Waals surface area contributed by atoms with E-state index in [9.17, 15) is 22.8 Å². The van der Waals surface area contributed by atoms with Crippen molar-refractivity contribution >= 4 is 33.4 Å². The van der Waals surface area contributed by atoms with Gasteiger partial charge in [0.15, 0.2) is 0 Å². The SMILES string of the molecule is C[C@@H]1Cc2c(nc(Cl)n(-c3ccc(-c4cnn(C)c4)cc3)c2=O)CN1C(=O)c1ccc(Br)c(C(F)(F)F)c1. The van der Waals surface area contributed by atoms with Crippen LogP contribution in [0.25, 0.3) is 16.8 Å². The van der Waals surface area contributed by atoms with E-state index in [2.05, 4.69) is 26.0 Å². The molecule has 0 radical (unpaired) electrons. The van der Waals surface area contributed by atoms with Crippen molar-refractivity contribution < 1.29 is 18.0 Å². The van der Waals surface area contributed by atoms with Crippen LogP contribution >= 0.6 is 27.5 Å². The summed E-state index contributed by atoms with van der Waals surface area (Å²) in [5.74, 6) is -0.589. The van der Waals surface area contributed by atoms with Gasteiger partial charge in [-0.2, -0.15) is 18.3 Å². The fourth-order valence-electron chi connectivity index (χ4n) is 4.54. The van der Waals surface area contributed by atoms with E-state index in [1.807, 2.05) is 25.4 Å². The summed E-state index contributed by atoms with van der Waals surface area (Å²) >= 11 is 9.33. The predicted octanol–water partition coefficient (Wildman–Crippen LogP) is 5.65. The number of nitrogens with zero attached hydrogens (tertiary/aromatic N) is 5. The fourth-order valence-corrected chi connectivity index (χ4v) is 5.29. The lowest BCUT2D eigenvalue weighted by Gasteiger charge is -2.34. The van der Waals surface area contributed by atoms with Gasteiger partial charge in [0, 0.05) is 40.4 Å². The Morgan fingerprint density at radius 3 is 2.47 bits per heavy atom. The molecule has 7 nitrogen and oxygen atoms in total. The molecule has 38 heavy (non-hydrogen) atoms. The van der Waals surface area contributed by atoms with Crippen molar-refractivity contribution in [2.24, 2.45) is 7.05 Å². The fraction of sp³-hybridized carbons (Fsp3) is 0.231. The van der Waals surface area contributed by atoms with Crippen LogP contribution in [0.15, 0.2) is 64.1 Å². The van der Waals surface area contributed by atoms with Gasteiger partial charge in [-0.15, -0.1) is 0 Å². The van der Waals surface area contributed by atoms with Gasteiger partial charge in [0.1, 0.15) is 0 Å². The van der Waals surface area contributed by atoms with Crippen molar-refractivity contribution in [2.45, 2.75) is 32.1 Å². The van der Waals surface area contributed by atoms with Crippen molar-refractivity contribution in [3.63, 3.8) is 0 Å². The lowest BCUT2D eigenvalue weighted by Crippen LogP contribution is -2.45. The summed E-state index contributed by atoms with van der Waals surface area (Å²) in [4.78, 5) is 32.5. The van der Waals surface area contributed by atoms with E-state index in [0.717, 1.165) is 17.2 Å². The van der Waals surface area contributed by atoms with Crippen LogP contribution in [0.2, 0.25) is 5.28 Å². The number of fused-ring (bicyclic) bond motifs is 1. The topological polar surface area (TPSA) is 73.0 Å². The molecule has 0 saturated heterocycles. The van der Waals surface area contributed by atoms with Crippen molar-refractivity contribution in [3.05, 3.63) is 97.4 Å². The molecule has 3 heterocycles. The van der Waals surface area contributed by atoms with E-state index in [-0.39, 0.29) is 33.8 Å². The van der Waals surface area contributed by atoms with Crippen molar-refractivity contribution in [1.29, 1.82) is 0 Å². The normalized spacial score (nSPS) is 15.4. The highest BCUT2D eigenvalue weighted by atomic mass is 79.9. The molecule has 1 aliphatic rings. The number of amides is 1. The zero-order valence-corrected chi connectivity index (χ0v) is 22.5. The van der Waals surface area contributed by atoms with Crippen LogP contribution in [0.1, 0.15) is 34.1 Å². The van der Waals surface area contributed by atoms with Crippen LogP contribution in [0, 0.1) is 0 Å². The first-order valence-electron chi connectivity index (χ1n) is 11.5. The Morgan fingerprint density at radius 2 is 1.84 bits per heavy atom. The highest BCUT2D eigenvalue weighted by molar-refractivity contribution is 9.10. The van der Waals surface area contributed by atoms with E-state index >= 15 is 0 Å².